The van der Waals surface area contributed by atoms with E-state index < -0.39 is 15.1 Å². The molecule has 0 aliphatic carbocycles. The van der Waals surface area contributed by atoms with Gasteiger partial charge in [-0.2, -0.15) is 0 Å². The number of amides is 1. The number of para-hydroxylation sites is 2. The molecule has 2 aromatic rings. The Morgan fingerprint density at radius 1 is 1.20 bits per heavy atom. The number of aromatic nitrogens is 2. The predicted molar refractivity (Wildman–Crippen MR) is 96.3 cm³/mol. The SMILES string of the molecule is CCn1c(=O)n(CC(=O)N2CCCC(S(C)(=O)=O)C2)c2ccccc21. The Hall–Kier alpha value is -2.09. The first-order valence-corrected chi connectivity index (χ1v) is 10.4. The van der Waals surface area contributed by atoms with Crippen LogP contribution in [-0.2, 0) is 27.7 Å². The van der Waals surface area contributed by atoms with Gasteiger partial charge in [0, 0.05) is 25.9 Å². The molecule has 0 spiro atoms. The lowest BCUT2D eigenvalue weighted by Gasteiger charge is -2.31. The molecule has 3 rings (SSSR count). The summed E-state index contributed by atoms with van der Waals surface area (Å²) in [5.74, 6) is -0.213. The number of hydrogen-bond acceptors (Lipinski definition) is 4. The number of rotatable bonds is 4. The lowest BCUT2D eigenvalue weighted by molar-refractivity contribution is -0.132. The molecule has 1 unspecified atom stereocenters. The van der Waals surface area contributed by atoms with E-state index in [2.05, 4.69) is 0 Å². The number of carbonyl (C=O) groups is 1. The van der Waals surface area contributed by atoms with Gasteiger partial charge >= 0.3 is 5.69 Å². The maximum atomic E-state index is 12.7. The van der Waals surface area contributed by atoms with Crippen molar-refractivity contribution in [3.05, 3.63) is 34.7 Å². The van der Waals surface area contributed by atoms with Crippen molar-refractivity contribution in [2.75, 3.05) is 19.3 Å². The van der Waals surface area contributed by atoms with Gasteiger partial charge in [0.1, 0.15) is 6.54 Å². The molecule has 0 bridgehead atoms. The molecule has 0 saturated carbocycles. The number of carbonyl (C=O) groups excluding carboxylic acids is 1. The number of benzene rings is 1. The zero-order valence-corrected chi connectivity index (χ0v) is 15.3. The average molecular weight is 365 g/mol. The fourth-order valence-corrected chi connectivity index (χ4v) is 4.53. The van der Waals surface area contributed by atoms with Crippen molar-refractivity contribution < 1.29 is 13.2 Å². The molecule has 1 amide bonds. The summed E-state index contributed by atoms with van der Waals surface area (Å²) in [4.78, 5) is 26.9. The number of imidazole rings is 1. The maximum absolute atomic E-state index is 12.7. The topological polar surface area (TPSA) is 81.4 Å². The monoisotopic (exact) mass is 365 g/mol. The molecular formula is C17H23N3O4S. The number of aryl methyl sites for hydroxylation is 1. The molecule has 2 heterocycles. The lowest BCUT2D eigenvalue weighted by Crippen LogP contribution is -2.46. The van der Waals surface area contributed by atoms with Crippen LogP contribution in [0.25, 0.3) is 11.0 Å². The van der Waals surface area contributed by atoms with Crippen LogP contribution in [0.4, 0.5) is 0 Å². The first kappa shape index (κ1) is 17.7. The van der Waals surface area contributed by atoms with Crippen LogP contribution >= 0.6 is 0 Å². The van der Waals surface area contributed by atoms with Gasteiger partial charge in [-0.1, -0.05) is 12.1 Å². The van der Waals surface area contributed by atoms with Gasteiger partial charge in [0.25, 0.3) is 0 Å². The predicted octanol–water partition coefficient (Wildman–Crippen LogP) is 0.859. The molecule has 0 radical (unpaired) electrons. The van der Waals surface area contributed by atoms with E-state index in [1.807, 2.05) is 31.2 Å². The molecule has 1 saturated heterocycles. The van der Waals surface area contributed by atoms with Crippen molar-refractivity contribution in [2.45, 2.75) is 38.1 Å². The van der Waals surface area contributed by atoms with E-state index in [9.17, 15) is 18.0 Å². The number of sulfone groups is 1. The Balaban J connectivity index is 1.88. The fraction of sp³-hybridized carbons (Fsp3) is 0.529. The molecule has 1 aromatic carbocycles. The number of hydrogen-bond donors (Lipinski definition) is 0. The first-order chi connectivity index (χ1) is 11.8. The molecule has 1 aromatic heterocycles. The average Bonchev–Trinajstić information content (AvgIpc) is 2.86. The molecular weight excluding hydrogens is 342 g/mol. The van der Waals surface area contributed by atoms with Gasteiger partial charge in [0.05, 0.1) is 16.3 Å². The third-order valence-corrected chi connectivity index (χ3v) is 6.47. The van der Waals surface area contributed by atoms with E-state index >= 15 is 0 Å². The maximum Gasteiger partial charge on any atom is 0.329 e. The van der Waals surface area contributed by atoms with Crippen LogP contribution < -0.4 is 5.69 Å². The Kier molecular flexibility index (Phi) is 4.73. The van der Waals surface area contributed by atoms with E-state index in [1.165, 1.54) is 10.8 Å². The smallest absolute Gasteiger partial charge is 0.329 e. The molecule has 0 N–H and O–H groups in total. The Morgan fingerprint density at radius 3 is 2.44 bits per heavy atom. The van der Waals surface area contributed by atoms with Crippen molar-refractivity contribution in [1.29, 1.82) is 0 Å². The fourth-order valence-electron chi connectivity index (χ4n) is 3.48. The molecule has 7 nitrogen and oxygen atoms in total. The standard InChI is InChI=1S/C17H23N3O4S/c1-3-19-14-8-4-5-9-15(14)20(17(19)22)12-16(21)18-10-6-7-13(11-18)25(2,23)24/h4-5,8-9,13H,3,6-7,10-12H2,1-2H3. The summed E-state index contributed by atoms with van der Waals surface area (Å²) in [6.07, 6.45) is 2.46. The zero-order chi connectivity index (χ0) is 18.2. The summed E-state index contributed by atoms with van der Waals surface area (Å²) in [7, 11) is -3.17. The number of fused-ring (bicyclic) bond motifs is 1. The van der Waals surface area contributed by atoms with E-state index in [-0.39, 0.29) is 24.7 Å². The number of nitrogens with zero attached hydrogens (tertiary/aromatic N) is 3. The van der Waals surface area contributed by atoms with Crippen LogP contribution in [0.5, 0.6) is 0 Å². The third-order valence-electron chi connectivity index (χ3n) is 4.87. The minimum atomic E-state index is -3.17. The van der Waals surface area contributed by atoms with E-state index in [1.54, 1.807) is 9.47 Å². The second kappa shape index (κ2) is 6.67. The summed E-state index contributed by atoms with van der Waals surface area (Å²) in [6, 6.07) is 7.39. The first-order valence-electron chi connectivity index (χ1n) is 8.47. The van der Waals surface area contributed by atoms with Crippen LogP contribution in [0.1, 0.15) is 19.8 Å². The second-order valence-corrected chi connectivity index (χ2v) is 8.86. The summed E-state index contributed by atoms with van der Waals surface area (Å²) < 4.78 is 26.7. The molecule has 1 fully saturated rings. The van der Waals surface area contributed by atoms with E-state index in [0.29, 0.717) is 25.9 Å². The van der Waals surface area contributed by atoms with E-state index in [0.717, 1.165) is 11.0 Å². The van der Waals surface area contributed by atoms with Gasteiger partial charge in [-0.3, -0.25) is 13.9 Å². The van der Waals surface area contributed by atoms with Crippen molar-refractivity contribution in [3.8, 4) is 0 Å². The lowest BCUT2D eigenvalue weighted by atomic mass is 10.1. The summed E-state index contributed by atoms with van der Waals surface area (Å²) in [5, 5.41) is -0.515. The number of likely N-dealkylation sites (tertiary alicyclic amines) is 1. The van der Waals surface area contributed by atoms with Crippen LogP contribution in [0.2, 0.25) is 0 Å². The normalized spacial score (nSPS) is 18.6. The third kappa shape index (κ3) is 3.35. The van der Waals surface area contributed by atoms with Gasteiger partial charge in [-0.05, 0) is 31.9 Å². The summed E-state index contributed by atoms with van der Waals surface area (Å²) >= 11 is 0. The highest BCUT2D eigenvalue weighted by Gasteiger charge is 2.30. The van der Waals surface area contributed by atoms with Crippen molar-refractivity contribution >= 4 is 26.8 Å². The molecule has 1 atom stereocenters. The zero-order valence-electron chi connectivity index (χ0n) is 14.5. The minimum Gasteiger partial charge on any atom is -0.340 e. The molecule has 25 heavy (non-hydrogen) atoms. The van der Waals surface area contributed by atoms with Crippen LogP contribution in [0, 0.1) is 0 Å². The Morgan fingerprint density at radius 2 is 1.84 bits per heavy atom. The summed E-state index contributed by atoms with van der Waals surface area (Å²) in [5.41, 5.74) is 1.31. The second-order valence-electron chi connectivity index (χ2n) is 6.54. The van der Waals surface area contributed by atoms with Gasteiger partial charge < -0.3 is 4.90 Å². The van der Waals surface area contributed by atoms with Gasteiger partial charge in [0.15, 0.2) is 9.84 Å². The van der Waals surface area contributed by atoms with Gasteiger partial charge in [0.2, 0.25) is 5.91 Å². The molecule has 1 aliphatic rings. The molecule has 8 heteroatoms. The highest BCUT2D eigenvalue weighted by Crippen LogP contribution is 2.18. The largest absolute Gasteiger partial charge is 0.340 e. The van der Waals surface area contributed by atoms with Crippen LogP contribution in [0.3, 0.4) is 0 Å². The van der Waals surface area contributed by atoms with Crippen LogP contribution in [0.15, 0.2) is 29.1 Å². The van der Waals surface area contributed by atoms with Crippen molar-refractivity contribution in [2.24, 2.45) is 0 Å². The number of piperidine rings is 1. The minimum absolute atomic E-state index is 0.0666. The van der Waals surface area contributed by atoms with Crippen molar-refractivity contribution in [3.63, 3.8) is 0 Å². The highest BCUT2D eigenvalue weighted by molar-refractivity contribution is 7.91. The highest BCUT2D eigenvalue weighted by atomic mass is 32.2. The quantitative estimate of drug-likeness (QED) is 0.805. The molecule has 136 valence electrons. The molecule has 1 aliphatic heterocycles. The van der Waals surface area contributed by atoms with Gasteiger partial charge in [-0.25, -0.2) is 13.2 Å². The van der Waals surface area contributed by atoms with Gasteiger partial charge in [-0.15, -0.1) is 0 Å². The van der Waals surface area contributed by atoms with Crippen molar-refractivity contribution in [1.82, 2.24) is 14.0 Å². The Labute approximate surface area is 146 Å². The van der Waals surface area contributed by atoms with E-state index in [4.69, 9.17) is 0 Å². The summed E-state index contributed by atoms with van der Waals surface area (Å²) in [6.45, 7) is 3.09. The Bertz CT molecular complexity index is 958. The van der Waals surface area contributed by atoms with Crippen LogP contribution in [-0.4, -0.2) is 53.0 Å².